The van der Waals surface area contributed by atoms with E-state index in [1.54, 1.807) is 53.8 Å². The number of rotatable bonds is 14. The van der Waals surface area contributed by atoms with E-state index in [1.807, 2.05) is 13.1 Å². The lowest BCUT2D eigenvalue weighted by molar-refractivity contribution is -0.165. The number of anilines is 1. The summed E-state index contributed by atoms with van der Waals surface area (Å²) in [6.07, 6.45) is 1.13. The van der Waals surface area contributed by atoms with Crippen LogP contribution >= 0.6 is 0 Å². The van der Waals surface area contributed by atoms with Crippen molar-refractivity contribution in [1.29, 1.82) is 0 Å². The van der Waals surface area contributed by atoms with Gasteiger partial charge in [-0.3, -0.25) is 10.00 Å². The van der Waals surface area contributed by atoms with Gasteiger partial charge >= 0.3 is 18.2 Å². The Balaban J connectivity index is 2.28. The highest BCUT2D eigenvalue weighted by Crippen LogP contribution is 2.38. The molecule has 0 saturated heterocycles. The van der Waals surface area contributed by atoms with Crippen molar-refractivity contribution in [2.45, 2.75) is 111 Å². The third-order valence-electron chi connectivity index (χ3n) is 7.09. The van der Waals surface area contributed by atoms with Gasteiger partial charge in [0.2, 0.25) is 0 Å². The highest BCUT2D eigenvalue weighted by atomic mass is 28.4. The fraction of sp³-hybridized carbons (Fsp3) is 0.588. The fourth-order valence-corrected chi connectivity index (χ4v) is 5.09. The van der Waals surface area contributed by atoms with E-state index < -0.39 is 49.6 Å². The van der Waals surface area contributed by atoms with E-state index in [0.29, 0.717) is 25.1 Å². The number of esters is 1. The molecule has 0 saturated carbocycles. The van der Waals surface area contributed by atoms with Crippen LogP contribution in [-0.4, -0.2) is 73.3 Å². The van der Waals surface area contributed by atoms with E-state index in [1.165, 1.54) is 22.9 Å². The molecule has 1 heterocycles. The van der Waals surface area contributed by atoms with Crippen molar-refractivity contribution in [2.75, 3.05) is 25.1 Å². The molecule has 2 aromatic rings. The fourth-order valence-electron chi connectivity index (χ4n) is 3.86. The molecule has 2 rings (SSSR count). The molecule has 0 bridgehead atoms. The monoisotopic (exact) mass is 692 g/mol. The maximum atomic E-state index is 15.7. The average Bonchev–Trinajstić information content (AvgIpc) is 3.31. The number of benzene rings is 1. The molecule has 268 valence electrons. The lowest BCUT2D eigenvalue weighted by Crippen LogP contribution is -2.49. The second kappa shape index (κ2) is 16.5. The second-order valence-corrected chi connectivity index (χ2v) is 19.6. The number of nitrogens with zero attached hydrogens (tertiary/aromatic N) is 2. The van der Waals surface area contributed by atoms with E-state index in [-0.39, 0.29) is 35.4 Å². The third-order valence-corrected chi connectivity index (χ3v) is 11.6. The van der Waals surface area contributed by atoms with E-state index in [0.717, 1.165) is 0 Å². The highest BCUT2D eigenvalue weighted by molar-refractivity contribution is 6.74. The highest BCUT2D eigenvalue weighted by Gasteiger charge is 2.42. The average molecular weight is 693 g/mol. The number of nitrogens with one attached hydrogen (secondary N) is 2. The molecule has 0 spiro atoms. The van der Waals surface area contributed by atoms with Crippen molar-refractivity contribution in [3.63, 3.8) is 0 Å². The molecule has 1 atom stereocenters. The number of alkyl carbamates (subject to hydrolysis) is 1. The molecule has 0 aliphatic heterocycles. The number of aryl methyl sites for hydroxylation is 1. The van der Waals surface area contributed by atoms with Crippen molar-refractivity contribution in [3.05, 3.63) is 42.9 Å². The topological polar surface area (TPSA) is 139 Å². The van der Waals surface area contributed by atoms with Crippen molar-refractivity contribution >= 4 is 32.3 Å². The molecule has 1 aromatic heterocycles. The molecule has 0 radical (unpaired) electrons. The minimum atomic E-state index is -2.40. The van der Waals surface area contributed by atoms with Crippen molar-refractivity contribution < 1.29 is 42.1 Å². The Morgan fingerprint density at radius 3 is 2.21 bits per heavy atom. The summed E-state index contributed by atoms with van der Waals surface area (Å²) in [5.74, 6) is -0.967. The van der Waals surface area contributed by atoms with Crippen molar-refractivity contribution in [3.8, 4) is 16.9 Å². The minimum Gasteiger partial charge on any atom is -0.490 e. The molecule has 14 heteroatoms. The number of carbonyl (C=O) groups is 3. The lowest BCUT2D eigenvalue weighted by atomic mass is 10.1. The van der Waals surface area contributed by atoms with Crippen LogP contribution in [0.4, 0.5) is 19.8 Å². The van der Waals surface area contributed by atoms with Gasteiger partial charge in [-0.05, 0) is 78.2 Å². The maximum Gasteiger partial charge on any atom is 0.413 e. The Morgan fingerprint density at radius 1 is 1.00 bits per heavy atom. The van der Waals surface area contributed by atoms with Crippen LogP contribution in [0.3, 0.4) is 0 Å². The van der Waals surface area contributed by atoms with Crippen LogP contribution in [-0.2, 0) is 30.0 Å². The van der Waals surface area contributed by atoms with E-state index in [2.05, 4.69) is 43.1 Å². The van der Waals surface area contributed by atoms with E-state index in [4.69, 9.17) is 23.4 Å². The molecule has 48 heavy (non-hydrogen) atoms. The van der Waals surface area contributed by atoms with Crippen LogP contribution in [0.2, 0.25) is 18.1 Å². The Kier molecular flexibility index (Phi) is 13.8. The number of ether oxygens (including phenoxy) is 4. The first kappa shape index (κ1) is 40.3. The van der Waals surface area contributed by atoms with Gasteiger partial charge in [0.25, 0.3) is 0 Å². The van der Waals surface area contributed by atoms with Gasteiger partial charge in [0, 0.05) is 36.5 Å². The summed E-state index contributed by atoms with van der Waals surface area (Å²) in [6, 6.07) is 4.24. The largest absolute Gasteiger partial charge is 0.490 e. The summed E-state index contributed by atoms with van der Waals surface area (Å²) in [6.45, 7) is 24.8. The zero-order chi connectivity index (χ0) is 36.5. The standard InChI is InChI=1S/C34H53FN4O8Si/c1-13-19-43-31(42)37-28-25(21-39(38-28)18-14-17-36-30(41)46-33(5,6)7)24-16-15-23(20-26(24)35)44-22-27(29(40)45-32(2,3)4)47-48(11,12)34(8,9)10/h13,15-16,20-21,27H,1,14,17-19,22H2,2-12H3,(H,36,41)(H,37,38,42). The van der Waals surface area contributed by atoms with Crippen LogP contribution in [0.25, 0.3) is 11.1 Å². The molecule has 12 nitrogen and oxygen atoms in total. The zero-order valence-electron chi connectivity index (χ0n) is 30.2. The van der Waals surface area contributed by atoms with Crippen LogP contribution in [0.5, 0.6) is 5.75 Å². The number of aromatic nitrogens is 2. The molecule has 2 N–H and O–H groups in total. The Morgan fingerprint density at radius 2 is 1.65 bits per heavy atom. The molecule has 1 unspecified atom stereocenters. The molecule has 0 aliphatic rings. The molecular formula is C34H53FN4O8Si. The first-order valence-electron chi connectivity index (χ1n) is 15.9. The predicted octanol–water partition coefficient (Wildman–Crippen LogP) is 7.45. The van der Waals surface area contributed by atoms with Gasteiger partial charge in [-0.1, -0.05) is 33.4 Å². The first-order valence-corrected chi connectivity index (χ1v) is 18.8. The smallest absolute Gasteiger partial charge is 0.413 e. The number of amides is 2. The minimum absolute atomic E-state index is 0.0258. The van der Waals surface area contributed by atoms with Gasteiger partial charge in [-0.25, -0.2) is 18.8 Å². The normalized spacial score (nSPS) is 12.9. The summed E-state index contributed by atoms with van der Waals surface area (Å²) in [4.78, 5) is 37.4. The summed E-state index contributed by atoms with van der Waals surface area (Å²) < 4.78 is 45.3. The van der Waals surface area contributed by atoms with Crippen molar-refractivity contribution in [1.82, 2.24) is 15.1 Å². The van der Waals surface area contributed by atoms with Gasteiger partial charge in [-0.15, -0.1) is 0 Å². The number of carbonyl (C=O) groups excluding carboxylic acids is 3. The maximum absolute atomic E-state index is 15.7. The summed E-state index contributed by atoms with van der Waals surface area (Å²) in [5.41, 5.74) is -0.920. The molecular weight excluding hydrogens is 639 g/mol. The zero-order valence-corrected chi connectivity index (χ0v) is 31.2. The number of halogens is 1. The van der Waals surface area contributed by atoms with Gasteiger partial charge in [-0.2, -0.15) is 5.10 Å². The van der Waals surface area contributed by atoms with Gasteiger partial charge in [0.1, 0.15) is 36.0 Å². The van der Waals surface area contributed by atoms with Crippen LogP contribution in [0, 0.1) is 5.82 Å². The van der Waals surface area contributed by atoms with E-state index in [9.17, 15) is 14.4 Å². The first-order chi connectivity index (χ1) is 22.0. The van der Waals surface area contributed by atoms with Crippen LogP contribution < -0.4 is 15.4 Å². The van der Waals surface area contributed by atoms with Crippen LogP contribution in [0.15, 0.2) is 37.1 Å². The summed E-state index contributed by atoms with van der Waals surface area (Å²) >= 11 is 0. The SMILES string of the molecule is C=CCOC(=O)Nc1nn(CCCNC(=O)OC(C)(C)C)cc1-c1ccc(OCC(O[Si](C)(C)C(C)(C)C)C(=O)OC(C)(C)C)cc1F. The number of hydrogen-bond acceptors (Lipinski definition) is 9. The van der Waals surface area contributed by atoms with Crippen molar-refractivity contribution in [2.24, 2.45) is 0 Å². The molecule has 1 aromatic carbocycles. The van der Waals surface area contributed by atoms with Gasteiger partial charge in [0.15, 0.2) is 20.2 Å². The second-order valence-electron chi connectivity index (χ2n) is 14.8. The molecule has 0 aliphatic carbocycles. The van der Waals surface area contributed by atoms with E-state index >= 15 is 4.39 Å². The predicted molar refractivity (Wildman–Crippen MR) is 185 cm³/mol. The Hall–Kier alpha value is -3.91. The quantitative estimate of drug-likeness (QED) is 0.0679. The lowest BCUT2D eigenvalue weighted by Gasteiger charge is -2.39. The number of hydrogen-bond donors (Lipinski definition) is 2. The summed E-state index contributed by atoms with van der Waals surface area (Å²) in [5, 5.41) is 9.46. The molecule has 2 amide bonds. The van der Waals surface area contributed by atoms with Gasteiger partial charge < -0.3 is 28.7 Å². The van der Waals surface area contributed by atoms with Crippen LogP contribution in [0.1, 0.15) is 68.7 Å². The molecule has 0 fully saturated rings. The Labute approximate surface area is 284 Å². The third kappa shape index (κ3) is 13.3. The Bertz CT molecular complexity index is 1420. The summed E-state index contributed by atoms with van der Waals surface area (Å²) in [7, 11) is -2.40. The van der Waals surface area contributed by atoms with Gasteiger partial charge in [0.05, 0.1) is 0 Å².